The second kappa shape index (κ2) is 10.7. The van der Waals surface area contributed by atoms with Crippen LogP contribution in [-0.2, 0) is 0 Å². The van der Waals surface area contributed by atoms with E-state index < -0.39 is 6.10 Å². The first-order valence-corrected chi connectivity index (χ1v) is 7.85. The number of halogens is 1. The molecule has 0 aliphatic carbocycles. The van der Waals surface area contributed by atoms with Crippen molar-refractivity contribution in [2.24, 2.45) is 0 Å². The Morgan fingerprint density at radius 2 is 1.52 bits per heavy atom. The van der Waals surface area contributed by atoms with E-state index in [-0.39, 0.29) is 38.4 Å². The molecule has 0 saturated heterocycles. The van der Waals surface area contributed by atoms with Crippen LogP contribution in [0, 0.1) is 12.3 Å². The molecule has 1 N–H and O–H groups in total. The van der Waals surface area contributed by atoms with Gasteiger partial charge in [0.15, 0.2) is 5.78 Å². The van der Waals surface area contributed by atoms with Crippen molar-refractivity contribution >= 4 is 30.9 Å². The summed E-state index contributed by atoms with van der Waals surface area (Å²) in [5, 5.41) is 9.35. The molecular weight excluding hydrogens is 360 g/mol. The fraction of sp³-hybridized carbons (Fsp3) is 0.211. The average molecular weight is 379 g/mol. The van der Waals surface area contributed by atoms with E-state index >= 15 is 0 Å². The Kier molecular flexibility index (Phi) is 8.93. The van der Waals surface area contributed by atoms with E-state index in [1.54, 1.807) is 48.5 Å². The number of ether oxygens (including phenoxy) is 2. The molecule has 0 saturated carbocycles. The zero-order valence-corrected chi connectivity index (χ0v) is 15.2. The van der Waals surface area contributed by atoms with Crippen molar-refractivity contribution in [2.45, 2.75) is 6.10 Å². The highest BCUT2D eigenvalue weighted by molar-refractivity contribution is 7.59. The Morgan fingerprint density at radius 1 is 1.04 bits per heavy atom. The molecule has 132 valence electrons. The van der Waals surface area contributed by atoms with Gasteiger partial charge in [0.25, 0.3) is 0 Å². The number of carbonyl (C=O) groups excluding carboxylic acids is 1. The standard InChI is InChI=1S/C19H17ClO4.H2S/c1-2-11-23-17-7-3-14(4-8-17)19(22)15-5-9-18(10-6-15)24-13-16(21)12-20;/h1,3-10,16,21H,11-13H2;1H2/t16-;/m1./s1. The number of carbonyl (C=O) groups is 1. The largest absolute Gasteiger partial charge is 0.491 e. The normalized spacial score (nSPS) is 10.9. The molecule has 6 heteroatoms. The van der Waals surface area contributed by atoms with Gasteiger partial charge in [0.1, 0.15) is 30.8 Å². The first kappa shape index (κ1) is 20.9. The number of aliphatic hydroxyl groups is 1. The minimum atomic E-state index is -0.719. The third-order valence-electron chi connectivity index (χ3n) is 3.18. The van der Waals surface area contributed by atoms with Crippen molar-refractivity contribution in [1.82, 2.24) is 0 Å². The molecule has 0 aliphatic rings. The minimum Gasteiger partial charge on any atom is -0.491 e. The maximum atomic E-state index is 12.4. The Hall–Kier alpha value is -2.13. The number of aliphatic hydroxyl groups excluding tert-OH is 1. The van der Waals surface area contributed by atoms with Gasteiger partial charge >= 0.3 is 0 Å². The Morgan fingerprint density at radius 3 is 1.96 bits per heavy atom. The van der Waals surface area contributed by atoms with Crippen molar-refractivity contribution in [3.63, 3.8) is 0 Å². The lowest BCUT2D eigenvalue weighted by Crippen LogP contribution is -2.18. The van der Waals surface area contributed by atoms with Gasteiger partial charge in [-0.15, -0.1) is 18.0 Å². The van der Waals surface area contributed by atoms with Gasteiger partial charge < -0.3 is 14.6 Å². The average Bonchev–Trinajstić information content (AvgIpc) is 2.64. The van der Waals surface area contributed by atoms with Crippen molar-refractivity contribution in [1.29, 1.82) is 0 Å². The van der Waals surface area contributed by atoms with Crippen LogP contribution in [0.2, 0.25) is 0 Å². The van der Waals surface area contributed by atoms with Gasteiger partial charge in [0.05, 0.1) is 5.88 Å². The molecule has 4 nitrogen and oxygen atoms in total. The number of terminal acetylenes is 1. The van der Waals surface area contributed by atoms with Gasteiger partial charge in [0.2, 0.25) is 0 Å². The third kappa shape index (κ3) is 6.35. The second-order valence-electron chi connectivity index (χ2n) is 4.99. The highest BCUT2D eigenvalue weighted by atomic mass is 35.5. The summed E-state index contributed by atoms with van der Waals surface area (Å²) in [7, 11) is 0. The predicted octanol–water partition coefficient (Wildman–Crippen LogP) is 3.02. The molecular formula is C19H19ClO4S. The Labute approximate surface area is 159 Å². The van der Waals surface area contributed by atoms with E-state index in [2.05, 4.69) is 5.92 Å². The van der Waals surface area contributed by atoms with E-state index in [1.165, 1.54) is 0 Å². The smallest absolute Gasteiger partial charge is 0.193 e. The van der Waals surface area contributed by atoms with Crippen LogP contribution in [0.1, 0.15) is 15.9 Å². The van der Waals surface area contributed by atoms with Crippen LogP contribution in [0.3, 0.4) is 0 Å². The van der Waals surface area contributed by atoms with Gasteiger partial charge in [0, 0.05) is 11.1 Å². The minimum absolute atomic E-state index is 0. The number of benzene rings is 2. The lowest BCUT2D eigenvalue weighted by Gasteiger charge is -2.10. The van der Waals surface area contributed by atoms with E-state index in [0.717, 1.165) is 0 Å². The topological polar surface area (TPSA) is 55.8 Å². The first-order chi connectivity index (χ1) is 11.6. The van der Waals surface area contributed by atoms with Crippen LogP contribution in [0.15, 0.2) is 48.5 Å². The molecule has 0 fully saturated rings. The summed E-state index contributed by atoms with van der Waals surface area (Å²) in [6, 6.07) is 13.5. The molecule has 0 aliphatic heterocycles. The maximum absolute atomic E-state index is 12.4. The molecule has 0 heterocycles. The maximum Gasteiger partial charge on any atom is 0.193 e. The highest BCUT2D eigenvalue weighted by Crippen LogP contribution is 2.18. The van der Waals surface area contributed by atoms with E-state index in [0.29, 0.717) is 22.6 Å². The van der Waals surface area contributed by atoms with Gasteiger partial charge in [-0.05, 0) is 48.5 Å². The van der Waals surface area contributed by atoms with Crippen LogP contribution in [0.5, 0.6) is 11.5 Å². The first-order valence-electron chi connectivity index (χ1n) is 7.32. The summed E-state index contributed by atoms with van der Waals surface area (Å²) in [4.78, 5) is 12.4. The van der Waals surface area contributed by atoms with E-state index in [1.807, 2.05) is 0 Å². The van der Waals surface area contributed by atoms with Crippen LogP contribution in [-0.4, -0.2) is 36.1 Å². The molecule has 0 amide bonds. The van der Waals surface area contributed by atoms with Crippen molar-refractivity contribution in [3.8, 4) is 23.8 Å². The highest BCUT2D eigenvalue weighted by Gasteiger charge is 2.10. The van der Waals surface area contributed by atoms with Crippen molar-refractivity contribution in [3.05, 3.63) is 59.7 Å². The van der Waals surface area contributed by atoms with Gasteiger partial charge in [-0.2, -0.15) is 13.5 Å². The summed E-state index contributed by atoms with van der Waals surface area (Å²) in [5.74, 6) is 3.57. The van der Waals surface area contributed by atoms with Crippen LogP contribution in [0.4, 0.5) is 0 Å². The molecule has 2 aromatic rings. The van der Waals surface area contributed by atoms with Crippen LogP contribution < -0.4 is 9.47 Å². The number of hydrogen-bond acceptors (Lipinski definition) is 4. The molecule has 0 bridgehead atoms. The van der Waals surface area contributed by atoms with Crippen molar-refractivity contribution < 1.29 is 19.4 Å². The number of rotatable bonds is 8. The van der Waals surface area contributed by atoms with E-state index in [4.69, 9.17) is 27.5 Å². The Balaban J connectivity index is 0.00000312. The van der Waals surface area contributed by atoms with Gasteiger partial charge in [-0.3, -0.25) is 4.79 Å². The summed E-state index contributed by atoms with van der Waals surface area (Å²) in [6.45, 7) is 0.295. The lowest BCUT2D eigenvalue weighted by molar-refractivity contribution is 0.103. The number of ketones is 1. The Bertz CT molecular complexity index is 708. The van der Waals surface area contributed by atoms with Gasteiger partial charge in [-0.1, -0.05) is 5.92 Å². The summed E-state index contributed by atoms with van der Waals surface area (Å²) < 4.78 is 10.6. The molecule has 0 aromatic heterocycles. The van der Waals surface area contributed by atoms with Crippen LogP contribution >= 0.6 is 25.1 Å². The lowest BCUT2D eigenvalue weighted by atomic mass is 10.0. The molecule has 0 spiro atoms. The molecule has 2 rings (SSSR count). The molecule has 25 heavy (non-hydrogen) atoms. The fourth-order valence-electron chi connectivity index (χ4n) is 1.93. The number of alkyl halides is 1. The van der Waals surface area contributed by atoms with E-state index in [9.17, 15) is 9.90 Å². The zero-order valence-electron chi connectivity index (χ0n) is 13.4. The summed E-state index contributed by atoms with van der Waals surface area (Å²) in [6.07, 6.45) is 4.41. The fourth-order valence-corrected chi connectivity index (χ4v) is 2.02. The molecule has 0 radical (unpaired) electrons. The monoisotopic (exact) mass is 378 g/mol. The SMILES string of the molecule is C#CCOc1ccc(C(=O)c2ccc(OC[C@H](O)CCl)cc2)cc1.S. The van der Waals surface area contributed by atoms with Crippen LogP contribution in [0.25, 0.3) is 0 Å². The summed E-state index contributed by atoms with van der Waals surface area (Å²) in [5.41, 5.74) is 1.09. The number of hydrogen-bond donors (Lipinski definition) is 1. The quantitative estimate of drug-likeness (QED) is 0.436. The summed E-state index contributed by atoms with van der Waals surface area (Å²) >= 11 is 5.50. The van der Waals surface area contributed by atoms with Gasteiger partial charge in [-0.25, -0.2) is 0 Å². The zero-order chi connectivity index (χ0) is 17.4. The second-order valence-corrected chi connectivity index (χ2v) is 5.30. The molecule has 0 unspecified atom stereocenters. The molecule has 2 aromatic carbocycles. The predicted molar refractivity (Wildman–Crippen MR) is 103 cm³/mol. The van der Waals surface area contributed by atoms with Crippen molar-refractivity contribution in [2.75, 3.05) is 19.1 Å². The molecule has 1 atom stereocenters. The third-order valence-corrected chi connectivity index (χ3v) is 3.53.